The van der Waals surface area contributed by atoms with Crippen LogP contribution in [0.2, 0.25) is 0 Å². The molecule has 0 aromatic heterocycles. The lowest BCUT2D eigenvalue weighted by Crippen LogP contribution is -2.07. The summed E-state index contributed by atoms with van der Waals surface area (Å²) < 4.78 is 23.5. The van der Waals surface area contributed by atoms with Crippen molar-refractivity contribution in [2.45, 2.75) is 11.8 Å². The molecule has 0 fully saturated rings. The summed E-state index contributed by atoms with van der Waals surface area (Å²) in [6.07, 6.45) is 1.41. The quantitative estimate of drug-likeness (QED) is 0.823. The van der Waals surface area contributed by atoms with Crippen LogP contribution in [0, 0.1) is 0 Å². The van der Waals surface area contributed by atoms with E-state index in [0.29, 0.717) is 0 Å². The highest BCUT2D eigenvalue weighted by atomic mass is 32.2. The Labute approximate surface area is 83.6 Å². The average Bonchev–Trinajstić information content (AvgIpc) is 2.20. The van der Waals surface area contributed by atoms with Crippen LogP contribution in [-0.2, 0) is 9.84 Å². The first-order valence-electron chi connectivity index (χ1n) is 4.19. The molecule has 76 valence electrons. The zero-order valence-electron chi connectivity index (χ0n) is 7.84. The first kappa shape index (κ1) is 10.9. The lowest BCUT2D eigenvalue weighted by Gasteiger charge is -2.05. The SMILES string of the molecule is C/C=C(\CO)S(=O)(=O)c1ccccc1. The normalized spacial score (nSPS) is 12.9. The van der Waals surface area contributed by atoms with Crippen LogP contribution in [0.1, 0.15) is 6.92 Å². The van der Waals surface area contributed by atoms with Crippen molar-refractivity contribution in [3.05, 3.63) is 41.3 Å². The topological polar surface area (TPSA) is 54.4 Å². The molecule has 0 aliphatic carbocycles. The summed E-state index contributed by atoms with van der Waals surface area (Å²) in [5.74, 6) is 0. The van der Waals surface area contributed by atoms with Gasteiger partial charge in [-0.25, -0.2) is 8.42 Å². The molecule has 0 unspecified atom stereocenters. The van der Waals surface area contributed by atoms with E-state index in [-0.39, 0.29) is 9.80 Å². The van der Waals surface area contributed by atoms with Crippen molar-refractivity contribution in [1.82, 2.24) is 0 Å². The average molecular weight is 212 g/mol. The van der Waals surface area contributed by atoms with Crippen molar-refractivity contribution in [3.63, 3.8) is 0 Å². The second kappa shape index (κ2) is 4.39. The summed E-state index contributed by atoms with van der Waals surface area (Å²) in [5, 5.41) is 8.88. The highest BCUT2D eigenvalue weighted by Crippen LogP contribution is 2.17. The van der Waals surface area contributed by atoms with Crippen molar-refractivity contribution in [3.8, 4) is 0 Å². The number of rotatable bonds is 3. The minimum Gasteiger partial charge on any atom is -0.391 e. The monoisotopic (exact) mass is 212 g/mol. The molecular weight excluding hydrogens is 200 g/mol. The van der Waals surface area contributed by atoms with E-state index in [1.54, 1.807) is 25.1 Å². The van der Waals surface area contributed by atoms with Crippen LogP contribution in [0.5, 0.6) is 0 Å². The number of hydrogen-bond acceptors (Lipinski definition) is 3. The number of aliphatic hydroxyl groups excluding tert-OH is 1. The molecule has 0 radical (unpaired) electrons. The Hall–Kier alpha value is -1.13. The molecule has 1 aromatic rings. The van der Waals surface area contributed by atoms with E-state index < -0.39 is 16.4 Å². The molecular formula is C10H12O3S. The third-order valence-corrected chi connectivity index (χ3v) is 3.82. The summed E-state index contributed by atoms with van der Waals surface area (Å²) >= 11 is 0. The van der Waals surface area contributed by atoms with Gasteiger partial charge in [0.1, 0.15) is 0 Å². The largest absolute Gasteiger partial charge is 0.391 e. The van der Waals surface area contributed by atoms with Crippen molar-refractivity contribution in [2.24, 2.45) is 0 Å². The molecule has 4 heteroatoms. The summed E-state index contributed by atoms with van der Waals surface area (Å²) in [7, 11) is -3.49. The van der Waals surface area contributed by atoms with Crippen molar-refractivity contribution < 1.29 is 13.5 Å². The summed E-state index contributed by atoms with van der Waals surface area (Å²) in [6.45, 7) is 1.12. The number of allylic oxidation sites excluding steroid dienone is 1. The van der Waals surface area contributed by atoms with Gasteiger partial charge >= 0.3 is 0 Å². The van der Waals surface area contributed by atoms with Crippen LogP contribution in [0.4, 0.5) is 0 Å². The molecule has 0 aliphatic heterocycles. The predicted molar refractivity (Wildman–Crippen MR) is 54.5 cm³/mol. The van der Waals surface area contributed by atoms with E-state index in [4.69, 9.17) is 5.11 Å². The van der Waals surface area contributed by atoms with E-state index in [9.17, 15) is 8.42 Å². The zero-order chi connectivity index (χ0) is 10.6. The van der Waals surface area contributed by atoms with Gasteiger partial charge in [0.05, 0.1) is 16.4 Å². The Morgan fingerprint density at radius 1 is 1.36 bits per heavy atom. The minimum atomic E-state index is -3.49. The number of hydrogen-bond donors (Lipinski definition) is 1. The van der Waals surface area contributed by atoms with Crippen LogP contribution >= 0.6 is 0 Å². The molecule has 0 saturated carbocycles. The molecule has 14 heavy (non-hydrogen) atoms. The van der Waals surface area contributed by atoms with Crippen LogP contribution < -0.4 is 0 Å². The van der Waals surface area contributed by atoms with E-state index in [1.807, 2.05) is 0 Å². The van der Waals surface area contributed by atoms with Crippen LogP contribution in [0.25, 0.3) is 0 Å². The molecule has 0 aliphatic rings. The van der Waals surface area contributed by atoms with Crippen molar-refractivity contribution in [1.29, 1.82) is 0 Å². The molecule has 0 bridgehead atoms. The van der Waals surface area contributed by atoms with Gasteiger partial charge in [0.25, 0.3) is 0 Å². The van der Waals surface area contributed by atoms with E-state index in [2.05, 4.69) is 0 Å². The van der Waals surface area contributed by atoms with Crippen LogP contribution in [0.15, 0.2) is 46.2 Å². The highest BCUT2D eigenvalue weighted by Gasteiger charge is 2.18. The molecule has 0 heterocycles. The van der Waals surface area contributed by atoms with Gasteiger partial charge < -0.3 is 5.11 Å². The van der Waals surface area contributed by atoms with Gasteiger partial charge in [-0.1, -0.05) is 24.3 Å². The van der Waals surface area contributed by atoms with Gasteiger partial charge in [-0.15, -0.1) is 0 Å². The van der Waals surface area contributed by atoms with E-state index in [0.717, 1.165) is 0 Å². The molecule has 0 amide bonds. The summed E-state index contributed by atoms with van der Waals surface area (Å²) in [4.78, 5) is 0.242. The van der Waals surface area contributed by atoms with Gasteiger partial charge in [-0.3, -0.25) is 0 Å². The predicted octanol–water partition coefficient (Wildman–Crippen LogP) is 1.36. The molecule has 3 nitrogen and oxygen atoms in total. The Morgan fingerprint density at radius 2 is 1.93 bits per heavy atom. The Bertz CT molecular complexity index is 418. The highest BCUT2D eigenvalue weighted by molar-refractivity contribution is 7.95. The smallest absolute Gasteiger partial charge is 0.204 e. The first-order valence-corrected chi connectivity index (χ1v) is 5.67. The van der Waals surface area contributed by atoms with E-state index >= 15 is 0 Å². The molecule has 0 spiro atoms. The first-order chi connectivity index (χ1) is 6.62. The third kappa shape index (κ3) is 2.02. The van der Waals surface area contributed by atoms with Gasteiger partial charge in [0, 0.05) is 0 Å². The second-order valence-corrected chi connectivity index (χ2v) is 4.73. The fourth-order valence-electron chi connectivity index (χ4n) is 1.08. The Kier molecular flexibility index (Phi) is 3.43. The van der Waals surface area contributed by atoms with Crippen molar-refractivity contribution >= 4 is 9.84 Å². The zero-order valence-corrected chi connectivity index (χ0v) is 8.66. The minimum absolute atomic E-state index is 0.0312. The second-order valence-electron chi connectivity index (χ2n) is 2.73. The molecule has 1 aromatic carbocycles. The molecule has 0 saturated heterocycles. The lowest BCUT2D eigenvalue weighted by atomic mass is 10.4. The maximum Gasteiger partial charge on any atom is 0.204 e. The molecule has 1 rings (SSSR count). The Balaban J connectivity index is 3.23. The maximum atomic E-state index is 11.8. The van der Waals surface area contributed by atoms with Crippen LogP contribution in [-0.4, -0.2) is 20.1 Å². The molecule has 1 N–H and O–H groups in total. The summed E-state index contributed by atoms with van der Waals surface area (Å²) in [6, 6.07) is 8.06. The molecule has 0 atom stereocenters. The van der Waals surface area contributed by atoms with Gasteiger partial charge in [0.15, 0.2) is 0 Å². The fraction of sp³-hybridized carbons (Fsp3) is 0.200. The van der Waals surface area contributed by atoms with E-state index in [1.165, 1.54) is 18.2 Å². The van der Waals surface area contributed by atoms with Gasteiger partial charge in [-0.2, -0.15) is 0 Å². The summed E-state index contributed by atoms with van der Waals surface area (Å²) in [5.41, 5.74) is 0. The number of benzene rings is 1. The lowest BCUT2D eigenvalue weighted by molar-refractivity contribution is 0.337. The maximum absolute atomic E-state index is 11.8. The third-order valence-electron chi connectivity index (χ3n) is 1.88. The standard InChI is InChI=1S/C10H12O3S/c1-2-9(8-11)14(12,13)10-6-4-3-5-7-10/h2-7,11H,8H2,1H3/b9-2+. The number of aliphatic hydroxyl groups is 1. The van der Waals surface area contributed by atoms with Crippen LogP contribution in [0.3, 0.4) is 0 Å². The van der Waals surface area contributed by atoms with Crippen molar-refractivity contribution in [2.75, 3.05) is 6.61 Å². The van der Waals surface area contributed by atoms with Gasteiger partial charge in [0.2, 0.25) is 9.84 Å². The Morgan fingerprint density at radius 3 is 2.36 bits per heavy atom. The fourth-order valence-corrected chi connectivity index (χ4v) is 2.38. The van der Waals surface area contributed by atoms with Gasteiger partial charge in [-0.05, 0) is 19.1 Å². The number of sulfone groups is 1.